The maximum atomic E-state index is 10.7. The van der Waals surface area contributed by atoms with Crippen molar-refractivity contribution in [1.29, 1.82) is 0 Å². The summed E-state index contributed by atoms with van der Waals surface area (Å²) in [6, 6.07) is 1.46. The van der Waals surface area contributed by atoms with E-state index in [4.69, 9.17) is 14.7 Å². The van der Waals surface area contributed by atoms with Gasteiger partial charge in [0, 0.05) is 0 Å². The molecule has 0 saturated heterocycles. The van der Waals surface area contributed by atoms with Crippen LogP contribution in [0.15, 0.2) is 11.4 Å². The van der Waals surface area contributed by atoms with Crippen molar-refractivity contribution in [1.82, 2.24) is 0 Å². The van der Waals surface area contributed by atoms with Crippen molar-refractivity contribution in [2.75, 3.05) is 7.11 Å². The number of thiophene rings is 1. The van der Waals surface area contributed by atoms with Gasteiger partial charge in [0.05, 0.1) is 7.11 Å². The van der Waals surface area contributed by atoms with Crippen molar-refractivity contribution in [2.24, 2.45) is 0 Å². The number of carbonyl (C=O) groups is 1. The lowest BCUT2D eigenvalue weighted by molar-refractivity contribution is -0.191. The lowest BCUT2D eigenvalue weighted by Crippen LogP contribution is -1.97. The molecule has 0 saturated carbocycles. The van der Waals surface area contributed by atoms with Gasteiger partial charge in [-0.05, 0) is 11.4 Å². The van der Waals surface area contributed by atoms with Crippen LogP contribution in [-0.2, 0) is 14.3 Å². The fourth-order valence-corrected chi connectivity index (χ4v) is 1.25. The lowest BCUT2D eigenvalue weighted by Gasteiger charge is -1.93. The number of aromatic hydroxyl groups is 1. The molecular weight excluding hydrogens is 196 g/mol. The van der Waals surface area contributed by atoms with Gasteiger partial charge in [0.1, 0.15) is 5.75 Å². The van der Waals surface area contributed by atoms with Crippen molar-refractivity contribution in [3.8, 4) is 5.75 Å². The van der Waals surface area contributed by atoms with Crippen LogP contribution < -0.4 is 0 Å². The molecule has 0 unspecified atom stereocenters. The molecule has 0 aliphatic heterocycles. The predicted octanol–water partition coefficient (Wildman–Crippen LogP) is 0.657. The number of esters is 1. The third-order valence-corrected chi connectivity index (χ3v) is 1.90. The minimum Gasteiger partial charge on any atom is -0.506 e. The Morgan fingerprint density at radius 3 is 2.46 bits per heavy atom. The molecule has 0 atom stereocenters. The lowest BCUT2D eigenvalue weighted by atomic mass is 10.4. The van der Waals surface area contributed by atoms with Crippen molar-refractivity contribution >= 4 is 23.5 Å². The topological polar surface area (TPSA) is 80.7 Å². The van der Waals surface area contributed by atoms with Gasteiger partial charge in [0.2, 0.25) is 0 Å². The van der Waals surface area contributed by atoms with Gasteiger partial charge in [-0.25, -0.2) is 4.79 Å². The second-order valence-corrected chi connectivity index (χ2v) is 2.63. The van der Waals surface area contributed by atoms with Gasteiger partial charge in [-0.15, -0.1) is 11.3 Å². The van der Waals surface area contributed by atoms with Crippen LogP contribution in [-0.4, -0.2) is 24.3 Å². The molecule has 1 heterocycles. The van der Waals surface area contributed by atoms with Crippen molar-refractivity contribution < 1.29 is 24.2 Å². The molecule has 0 radical (unpaired) electrons. The number of methoxy groups -OCH3 is 1. The van der Waals surface area contributed by atoms with E-state index in [1.165, 1.54) is 13.2 Å². The minimum atomic E-state index is -0.493. The van der Waals surface area contributed by atoms with Crippen LogP contribution in [0, 0.1) is 0 Å². The van der Waals surface area contributed by atoms with E-state index in [9.17, 15) is 4.79 Å². The molecule has 0 spiro atoms. The first-order valence-electron chi connectivity index (χ1n) is 3.01. The molecule has 1 N–H and O–H groups in total. The van der Waals surface area contributed by atoms with Crippen LogP contribution >= 0.6 is 11.3 Å². The summed E-state index contributed by atoms with van der Waals surface area (Å²) in [6.07, 6.45) is 0.250. The maximum Gasteiger partial charge on any atom is 0.373 e. The zero-order valence-corrected chi connectivity index (χ0v) is 7.46. The van der Waals surface area contributed by atoms with Crippen LogP contribution in [0.4, 0.5) is 0 Å². The summed E-state index contributed by atoms with van der Waals surface area (Å²) < 4.78 is 4.39. The van der Waals surface area contributed by atoms with Crippen LogP contribution in [0.3, 0.4) is 0 Å². The van der Waals surface area contributed by atoms with Crippen molar-refractivity contribution in [3.63, 3.8) is 0 Å². The highest BCUT2D eigenvalue weighted by Gasteiger charge is 2.11. The maximum absolute atomic E-state index is 10.7. The first-order chi connectivity index (χ1) is 6.17. The molecule has 0 aliphatic rings. The Morgan fingerprint density at radius 2 is 2.15 bits per heavy atom. The number of carbonyl (C=O) groups excluding carboxylic acids is 3. The summed E-state index contributed by atoms with van der Waals surface area (Å²) >= 11 is 1.16. The van der Waals surface area contributed by atoms with Gasteiger partial charge < -0.3 is 9.84 Å². The monoisotopic (exact) mass is 202 g/mol. The molecule has 0 aliphatic carbocycles. The Morgan fingerprint density at radius 1 is 1.62 bits per heavy atom. The third kappa shape index (κ3) is 3.50. The zero-order chi connectivity index (χ0) is 10.3. The average Bonchev–Trinajstić information content (AvgIpc) is 2.52. The molecule has 0 bridgehead atoms. The Labute approximate surface area is 77.6 Å². The van der Waals surface area contributed by atoms with Crippen LogP contribution in [0.1, 0.15) is 9.67 Å². The zero-order valence-electron chi connectivity index (χ0n) is 6.64. The van der Waals surface area contributed by atoms with Gasteiger partial charge in [0.25, 0.3) is 0 Å². The van der Waals surface area contributed by atoms with Gasteiger partial charge in [0.15, 0.2) is 4.88 Å². The normalized spacial score (nSPS) is 7.77. The molecule has 1 rings (SSSR count). The molecule has 6 heteroatoms. The Balaban J connectivity index is 0.000000424. The summed E-state index contributed by atoms with van der Waals surface area (Å²) in [5, 5.41) is 10.6. The highest BCUT2D eigenvalue weighted by atomic mass is 32.1. The highest BCUT2D eigenvalue weighted by molar-refractivity contribution is 7.12. The van der Waals surface area contributed by atoms with E-state index in [1.807, 2.05) is 0 Å². The molecule has 1 aromatic rings. The fourth-order valence-electron chi connectivity index (χ4n) is 0.548. The van der Waals surface area contributed by atoms with Gasteiger partial charge in [-0.3, -0.25) is 0 Å². The van der Waals surface area contributed by atoms with E-state index < -0.39 is 5.97 Å². The number of hydrogen-bond acceptors (Lipinski definition) is 6. The first-order valence-corrected chi connectivity index (χ1v) is 3.89. The Hall–Kier alpha value is -1.65. The molecule has 0 aromatic carbocycles. The largest absolute Gasteiger partial charge is 0.506 e. The number of hydrogen-bond donors (Lipinski definition) is 1. The van der Waals surface area contributed by atoms with E-state index in [1.54, 1.807) is 5.38 Å². The smallest absolute Gasteiger partial charge is 0.373 e. The minimum absolute atomic E-state index is 0.0168. The van der Waals surface area contributed by atoms with Crippen molar-refractivity contribution in [2.45, 2.75) is 0 Å². The van der Waals surface area contributed by atoms with E-state index in [-0.39, 0.29) is 16.8 Å². The van der Waals surface area contributed by atoms with Crippen LogP contribution in [0.5, 0.6) is 5.75 Å². The quantitative estimate of drug-likeness (QED) is 0.676. The van der Waals surface area contributed by atoms with Crippen LogP contribution in [0.2, 0.25) is 0 Å². The van der Waals surface area contributed by atoms with Crippen LogP contribution in [0.25, 0.3) is 0 Å². The summed E-state index contributed by atoms with van der Waals surface area (Å²) in [7, 11) is 1.28. The summed E-state index contributed by atoms with van der Waals surface area (Å²) in [6.45, 7) is 0. The fraction of sp³-hybridized carbons (Fsp3) is 0.143. The Bertz CT molecular complexity index is 310. The SMILES string of the molecule is COC(=O)c1sccc1O.O=C=O. The van der Waals surface area contributed by atoms with E-state index in [2.05, 4.69) is 4.74 Å². The first kappa shape index (κ1) is 11.4. The Kier molecular flexibility index (Phi) is 5.18. The highest BCUT2D eigenvalue weighted by Crippen LogP contribution is 2.23. The second-order valence-electron chi connectivity index (χ2n) is 1.71. The van der Waals surface area contributed by atoms with Gasteiger partial charge in [-0.1, -0.05) is 0 Å². The van der Waals surface area contributed by atoms with E-state index >= 15 is 0 Å². The predicted molar refractivity (Wildman–Crippen MR) is 42.3 cm³/mol. The standard InChI is InChI=1S/C6H6O3S.CO2/c1-9-6(8)5-4(7)2-3-10-5;2-1-3/h2-3,7H,1H3;. The number of rotatable bonds is 1. The van der Waals surface area contributed by atoms with E-state index in [0.717, 1.165) is 11.3 Å². The average molecular weight is 202 g/mol. The van der Waals surface area contributed by atoms with Gasteiger partial charge in [-0.2, -0.15) is 9.59 Å². The summed E-state index contributed by atoms with van der Waals surface area (Å²) in [5.74, 6) is -0.510. The second kappa shape index (κ2) is 5.93. The molecular formula is C7H6O5S. The van der Waals surface area contributed by atoms with E-state index in [0.29, 0.717) is 0 Å². The van der Waals surface area contributed by atoms with Crippen molar-refractivity contribution in [3.05, 3.63) is 16.3 Å². The molecule has 0 fully saturated rings. The molecule has 13 heavy (non-hydrogen) atoms. The summed E-state index contributed by atoms with van der Waals surface area (Å²) in [5.41, 5.74) is 0. The molecule has 1 aromatic heterocycles. The number of ether oxygens (including phenoxy) is 1. The van der Waals surface area contributed by atoms with Gasteiger partial charge >= 0.3 is 12.1 Å². The molecule has 5 nitrogen and oxygen atoms in total. The summed E-state index contributed by atoms with van der Waals surface area (Å²) in [4.78, 5) is 27.2. The molecule has 0 amide bonds. The third-order valence-electron chi connectivity index (χ3n) is 1.02. The molecule has 70 valence electrons.